The average Bonchev–Trinajstić information content (AvgIpc) is 2.34. The van der Waals surface area contributed by atoms with Crippen molar-refractivity contribution in [2.75, 3.05) is 5.73 Å². The maximum Gasteiger partial charge on any atom is 0.312 e. The van der Waals surface area contributed by atoms with Crippen LogP contribution in [-0.4, -0.2) is 14.9 Å². The van der Waals surface area contributed by atoms with Gasteiger partial charge in [-0.3, -0.25) is 10.1 Å². The predicted octanol–water partition coefficient (Wildman–Crippen LogP) is 2.52. The standard InChI is InChI=1S/C10H7BrN4O3/c11-6-1-2-8(7(5-6)15(16)17)18-10-9(12)13-3-4-14-10/h1-5H,(H2,12,13). The third-order valence-corrected chi connectivity index (χ3v) is 2.51. The molecule has 7 nitrogen and oxygen atoms in total. The first kappa shape index (κ1) is 12.2. The first-order valence-corrected chi connectivity index (χ1v) is 5.55. The number of hydrogen-bond acceptors (Lipinski definition) is 6. The number of benzene rings is 1. The highest BCUT2D eigenvalue weighted by atomic mass is 79.9. The Morgan fingerprint density at radius 3 is 2.72 bits per heavy atom. The van der Waals surface area contributed by atoms with Crippen LogP contribution in [0, 0.1) is 10.1 Å². The number of nitrogen functional groups attached to an aromatic ring is 1. The van der Waals surface area contributed by atoms with E-state index in [4.69, 9.17) is 10.5 Å². The zero-order valence-corrected chi connectivity index (χ0v) is 10.5. The average molecular weight is 311 g/mol. The summed E-state index contributed by atoms with van der Waals surface area (Å²) in [6, 6.07) is 4.41. The van der Waals surface area contributed by atoms with Crippen LogP contribution in [0.5, 0.6) is 11.6 Å². The molecule has 1 heterocycles. The second kappa shape index (κ2) is 4.96. The summed E-state index contributed by atoms with van der Waals surface area (Å²) in [6.07, 6.45) is 2.79. The van der Waals surface area contributed by atoms with Crippen LogP contribution in [0.25, 0.3) is 0 Å². The number of anilines is 1. The van der Waals surface area contributed by atoms with E-state index in [-0.39, 0.29) is 23.1 Å². The van der Waals surface area contributed by atoms with Crippen molar-refractivity contribution in [1.29, 1.82) is 0 Å². The van der Waals surface area contributed by atoms with Crippen molar-refractivity contribution in [3.05, 3.63) is 45.2 Å². The number of hydrogen-bond donors (Lipinski definition) is 1. The predicted molar refractivity (Wildman–Crippen MR) is 67.3 cm³/mol. The summed E-state index contributed by atoms with van der Waals surface area (Å²) in [5.41, 5.74) is 5.36. The number of rotatable bonds is 3. The summed E-state index contributed by atoms with van der Waals surface area (Å²) in [5, 5.41) is 10.9. The van der Waals surface area contributed by atoms with Crippen LogP contribution in [0.3, 0.4) is 0 Å². The molecular weight excluding hydrogens is 304 g/mol. The van der Waals surface area contributed by atoms with E-state index in [2.05, 4.69) is 25.9 Å². The summed E-state index contributed by atoms with van der Waals surface area (Å²) in [5.74, 6) is 0.146. The summed E-state index contributed by atoms with van der Waals surface area (Å²) >= 11 is 3.15. The smallest absolute Gasteiger partial charge is 0.312 e. The molecule has 0 amide bonds. The fourth-order valence-corrected chi connectivity index (χ4v) is 1.59. The van der Waals surface area contributed by atoms with Gasteiger partial charge in [0.05, 0.1) is 4.92 Å². The first-order valence-electron chi connectivity index (χ1n) is 4.76. The minimum Gasteiger partial charge on any atom is -0.429 e. The van der Waals surface area contributed by atoms with Crippen LogP contribution in [0.4, 0.5) is 11.5 Å². The highest BCUT2D eigenvalue weighted by Crippen LogP contribution is 2.33. The van der Waals surface area contributed by atoms with Crippen LogP contribution >= 0.6 is 15.9 Å². The Hall–Kier alpha value is -2.22. The monoisotopic (exact) mass is 310 g/mol. The number of nitrogens with two attached hydrogens (primary N) is 1. The molecule has 8 heteroatoms. The van der Waals surface area contributed by atoms with Gasteiger partial charge in [-0.15, -0.1) is 0 Å². The Labute approximate surface area is 110 Å². The molecule has 0 aliphatic heterocycles. The van der Waals surface area contributed by atoms with E-state index in [9.17, 15) is 10.1 Å². The number of nitro groups is 1. The molecule has 0 spiro atoms. The molecule has 0 saturated heterocycles. The maximum absolute atomic E-state index is 10.9. The SMILES string of the molecule is Nc1nccnc1Oc1ccc(Br)cc1[N+](=O)[O-]. The highest BCUT2D eigenvalue weighted by Gasteiger charge is 2.17. The topological polar surface area (TPSA) is 104 Å². The van der Waals surface area contributed by atoms with Crippen LogP contribution < -0.4 is 10.5 Å². The lowest BCUT2D eigenvalue weighted by Gasteiger charge is -2.06. The van der Waals surface area contributed by atoms with Gasteiger partial charge in [-0.05, 0) is 12.1 Å². The van der Waals surface area contributed by atoms with E-state index in [0.717, 1.165) is 0 Å². The molecule has 18 heavy (non-hydrogen) atoms. The van der Waals surface area contributed by atoms with E-state index in [1.165, 1.54) is 24.5 Å². The molecule has 0 fully saturated rings. The van der Waals surface area contributed by atoms with Crippen molar-refractivity contribution in [3.8, 4) is 11.6 Å². The molecule has 0 aliphatic rings. The third kappa shape index (κ3) is 2.54. The summed E-state index contributed by atoms with van der Waals surface area (Å²) in [7, 11) is 0. The lowest BCUT2D eigenvalue weighted by Crippen LogP contribution is -1.99. The highest BCUT2D eigenvalue weighted by molar-refractivity contribution is 9.10. The largest absolute Gasteiger partial charge is 0.429 e. The van der Waals surface area contributed by atoms with Gasteiger partial charge < -0.3 is 10.5 Å². The van der Waals surface area contributed by atoms with Crippen molar-refractivity contribution in [3.63, 3.8) is 0 Å². The van der Waals surface area contributed by atoms with E-state index in [0.29, 0.717) is 4.47 Å². The second-order valence-electron chi connectivity index (χ2n) is 3.22. The van der Waals surface area contributed by atoms with Crippen LogP contribution in [0.1, 0.15) is 0 Å². The molecule has 92 valence electrons. The summed E-state index contributed by atoms with van der Waals surface area (Å²) < 4.78 is 5.87. The minimum atomic E-state index is -0.549. The maximum atomic E-state index is 10.9. The van der Waals surface area contributed by atoms with E-state index < -0.39 is 4.92 Å². The molecule has 0 bridgehead atoms. The van der Waals surface area contributed by atoms with Gasteiger partial charge >= 0.3 is 5.69 Å². The van der Waals surface area contributed by atoms with E-state index in [1.54, 1.807) is 6.07 Å². The van der Waals surface area contributed by atoms with Crippen molar-refractivity contribution >= 4 is 27.4 Å². The number of aromatic nitrogens is 2. The number of nitro benzene ring substituents is 1. The Morgan fingerprint density at radius 2 is 2.06 bits per heavy atom. The lowest BCUT2D eigenvalue weighted by atomic mass is 10.3. The normalized spacial score (nSPS) is 10.1. The van der Waals surface area contributed by atoms with Gasteiger partial charge in [-0.2, -0.15) is 0 Å². The van der Waals surface area contributed by atoms with Crippen molar-refractivity contribution in [2.45, 2.75) is 0 Å². The zero-order chi connectivity index (χ0) is 13.1. The van der Waals surface area contributed by atoms with E-state index >= 15 is 0 Å². The molecule has 0 atom stereocenters. The molecule has 2 rings (SSSR count). The molecule has 0 saturated carbocycles. The zero-order valence-electron chi connectivity index (χ0n) is 8.91. The van der Waals surface area contributed by atoms with Gasteiger partial charge in [-0.1, -0.05) is 15.9 Å². The molecule has 0 unspecified atom stereocenters. The number of ether oxygens (including phenoxy) is 1. The van der Waals surface area contributed by atoms with Crippen LogP contribution in [0.15, 0.2) is 35.1 Å². The van der Waals surface area contributed by atoms with Gasteiger partial charge in [0, 0.05) is 22.9 Å². The molecule has 1 aromatic heterocycles. The summed E-state index contributed by atoms with van der Waals surface area (Å²) in [6.45, 7) is 0. The molecule has 0 radical (unpaired) electrons. The second-order valence-corrected chi connectivity index (χ2v) is 4.13. The van der Waals surface area contributed by atoms with Gasteiger partial charge in [0.25, 0.3) is 5.88 Å². The van der Waals surface area contributed by atoms with Crippen molar-refractivity contribution < 1.29 is 9.66 Å². The third-order valence-electron chi connectivity index (χ3n) is 2.02. The van der Waals surface area contributed by atoms with Gasteiger partial charge in [0.1, 0.15) is 0 Å². The van der Waals surface area contributed by atoms with Gasteiger partial charge in [0.15, 0.2) is 5.82 Å². The molecule has 0 aliphatic carbocycles. The molecular formula is C10H7BrN4O3. The van der Waals surface area contributed by atoms with Crippen molar-refractivity contribution in [2.24, 2.45) is 0 Å². The Bertz CT molecular complexity index is 605. The number of nitrogens with zero attached hydrogens (tertiary/aromatic N) is 3. The lowest BCUT2D eigenvalue weighted by molar-refractivity contribution is -0.385. The number of halogens is 1. The van der Waals surface area contributed by atoms with Gasteiger partial charge in [0.2, 0.25) is 5.75 Å². The van der Waals surface area contributed by atoms with Gasteiger partial charge in [-0.25, -0.2) is 9.97 Å². The van der Waals surface area contributed by atoms with Crippen LogP contribution in [0.2, 0.25) is 0 Å². The Balaban J connectivity index is 2.41. The quantitative estimate of drug-likeness (QED) is 0.690. The van der Waals surface area contributed by atoms with Crippen molar-refractivity contribution in [1.82, 2.24) is 9.97 Å². The Kier molecular flexibility index (Phi) is 3.38. The molecule has 2 aromatic rings. The minimum absolute atomic E-state index is 0.0305. The molecule has 2 N–H and O–H groups in total. The first-order chi connectivity index (χ1) is 8.58. The van der Waals surface area contributed by atoms with Crippen LogP contribution in [-0.2, 0) is 0 Å². The molecule has 1 aromatic carbocycles. The van der Waals surface area contributed by atoms with E-state index in [1.807, 2.05) is 0 Å². The fourth-order valence-electron chi connectivity index (χ4n) is 1.24. The summed E-state index contributed by atoms with van der Waals surface area (Å²) in [4.78, 5) is 18.0. The fraction of sp³-hybridized carbons (Fsp3) is 0. The Morgan fingerprint density at radius 1 is 1.33 bits per heavy atom.